The maximum atomic E-state index is 14.6. The van der Waals surface area contributed by atoms with Crippen LogP contribution in [0.25, 0.3) is 0 Å². The number of carbonyl (C=O) groups excluding carboxylic acids is 4. The summed E-state index contributed by atoms with van der Waals surface area (Å²) in [7, 11) is 0. The van der Waals surface area contributed by atoms with Crippen LogP contribution in [0.2, 0.25) is 0 Å². The van der Waals surface area contributed by atoms with Crippen LogP contribution in [0.15, 0.2) is 84.9 Å². The Bertz CT molecular complexity index is 1810. The van der Waals surface area contributed by atoms with Gasteiger partial charge in [0.1, 0.15) is 42.0 Å². The molecule has 0 spiro atoms. The van der Waals surface area contributed by atoms with Crippen molar-refractivity contribution in [2.75, 3.05) is 12.3 Å². The Hall–Kier alpha value is -5.72. The monoisotopic (exact) mass is 741 g/mol. The summed E-state index contributed by atoms with van der Waals surface area (Å²) in [6.45, 7) is 8.82. The molecule has 0 saturated carbocycles. The van der Waals surface area contributed by atoms with Gasteiger partial charge in [0.2, 0.25) is 0 Å². The third kappa shape index (κ3) is 16.4. The van der Waals surface area contributed by atoms with E-state index in [4.69, 9.17) is 19.9 Å². The highest BCUT2D eigenvalue weighted by Gasteiger charge is 2.22. The van der Waals surface area contributed by atoms with Crippen molar-refractivity contribution in [2.24, 2.45) is 0 Å². The van der Waals surface area contributed by atoms with Crippen LogP contribution in [0.4, 0.5) is 23.2 Å². The van der Waals surface area contributed by atoms with Gasteiger partial charge >= 0.3 is 23.9 Å². The first-order chi connectivity index (χ1) is 25.0. The fourth-order valence-electron chi connectivity index (χ4n) is 4.31. The summed E-state index contributed by atoms with van der Waals surface area (Å²) in [5, 5.41) is 0. The van der Waals surface area contributed by atoms with E-state index >= 15 is 0 Å². The average molecular weight is 742 g/mol. The second kappa shape index (κ2) is 21.6. The van der Waals surface area contributed by atoms with Crippen LogP contribution < -0.4 is 5.73 Å². The van der Waals surface area contributed by atoms with Gasteiger partial charge in [-0.25, -0.2) is 17.6 Å². The fourth-order valence-corrected chi connectivity index (χ4v) is 4.31. The van der Waals surface area contributed by atoms with Gasteiger partial charge in [0.15, 0.2) is 5.82 Å². The fraction of sp³-hybridized carbons (Fsp3) is 0.300. The minimum absolute atomic E-state index is 0.0157. The molecular formula is C40H43F4NO8. The highest BCUT2D eigenvalue weighted by molar-refractivity contribution is 5.75. The first-order valence-corrected chi connectivity index (χ1v) is 16.4. The normalized spacial score (nSPS) is 10.4. The topological polar surface area (TPSA) is 131 Å². The maximum Gasteiger partial charge on any atom is 0.310 e. The zero-order chi connectivity index (χ0) is 39.6. The van der Waals surface area contributed by atoms with Gasteiger partial charge in [0, 0.05) is 18.1 Å². The number of hydrogen-bond donors (Lipinski definition) is 1. The van der Waals surface area contributed by atoms with Gasteiger partial charge in [0.05, 0.1) is 25.9 Å². The number of anilines is 1. The van der Waals surface area contributed by atoms with Crippen molar-refractivity contribution in [3.05, 3.63) is 136 Å². The van der Waals surface area contributed by atoms with E-state index in [0.717, 1.165) is 23.3 Å². The summed E-state index contributed by atoms with van der Waals surface area (Å²) in [6, 6.07) is 22.6. The van der Waals surface area contributed by atoms with Crippen molar-refractivity contribution >= 4 is 29.6 Å². The number of rotatable bonds is 11. The van der Waals surface area contributed by atoms with Crippen molar-refractivity contribution in [2.45, 2.75) is 72.7 Å². The van der Waals surface area contributed by atoms with Gasteiger partial charge in [0.25, 0.3) is 0 Å². The average Bonchev–Trinajstić information content (AvgIpc) is 3.10. The largest absolute Gasteiger partial charge is 0.466 e. The standard InChI is InChI=1S/C21H22F2O4.C15H13F2NO2.C4H8O2/c1-21(2,3)27-19(25)12-16-17(22)10-9-15(20(16)23)11-18(24)26-13-14-7-5-4-6-8-14;16-12-7-6-11(14(17)15(12)18)8-13(19)20-9-10-4-2-1-3-5-10;1-3-6-4(2)5/h4-10H,11-13H2,1-3H3;1-7H,8-9,18H2;3H2,1-2H3. The number of halogens is 4. The van der Waals surface area contributed by atoms with Crippen LogP contribution in [-0.4, -0.2) is 36.1 Å². The Labute approximate surface area is 306 Å². The Morgan fingerprint density at radius 3 is 1.47 bits per heavy atom. The van der Waals surface area contributed by atoms with Gasteiger partial charge in [-0.3, -0.25) is 19.2 Å². The molecule has 13 heteroatoms. The molecule has 53 heavy (non-hydrogen) atoms. The minimum Gasteiger partial charge on any atom is -0.466 e. The molecule has 0 amide bonds. The zero-order valence-electron chi connectivity index (χ0n) is 30.2. The molecule has 0 aliphatic rings. The lowest BCUT2D eigenvalue weighted by molar-refractivity contribution is -0.154. The lowest BCUT2D eigenvalue weighted by Gasteiger charge is -2.19. The van der Waals surface area contributed by atoms with E-state index in [0.29, 0.717) is 6.61 Å². The number of esters is 4. The summed E-state index contributed by atoms with van der Waals surface area (Å²) in [5.74, 6) is -5.75. The minimum atomic E-state index is -0.933. The van der Waals surface area contributed by atoms with Crippen molar-refractivity contribution in [1.29, 1.82) is 0 Å². The third-order valence-corrected chi connectivity index (χ3v) is 6.72. The van der Waals surface area contributed by atoms with Crippen LogP contribution >= 0.6 is 0 Å². The zero-order valence-corrected chi connectivity index (χ0v) is 30.2. The Morgan fingerprint density at radius 2 is 1.06 bits per heavy atom. The first-order valence-electron chi connectivity index (χ1n) is 16.4. The van der Waals surface area contributed by atoms with Crippen molar-refractivity contribution in [3.63, 3.8) is 0 Å². The number of carbonyl (C=O) groups is 4. The van der Waals surface area contributed by atoms with Gasteiger partial charge in [-0.2, -0.15) is 0 Å². The number of hydrogen-bond acceptors (Lipinski definition) is 9. The molecule has 0 radical (unpaired) electrons. The highest BCUT2D eigenvalue weighted by atomic mass is 19.1. The molecule has 4 aromatic carbocycles. The molecule has 0 aliphatic heterocycles. The van der Waals surface area contributed by atoms with Crippen LogP contribution in [0.1, 0.15) is 62.4 Å². The predicted octanol–water partition coefficient (Wildman–Crippen LogP) is 7.54. The van der Waals surface area contributed by atoms with E-state index in [-0.39, 0.29) is 43.2 Å². The van der Waals surface area contributed by atoms with Crippen LogP contribution in [0, 0.1) is 23.3 Å². The number of nitrogen functional groups attached to an aromatic ring is 1. The molecule has 0 unspecified atom stereocenters. The summed E-state index contributed by atoms with van der Waals surface area (Å²) >= 11 is 0. The van der Waals surface area contributed by atoms with E-state index in [9.17, 15) is 36.7 Å². The summed E-state index contributed by atoms with van der Waals surface area (Å²) in [4.78, 5) is 45.3. The molecule has 0 atom stereocenters. The molecule has 0 fully saturated rings. The van der Waals surface area contributed by atoms with Crippen molar-refractivity contribution < 1.29 is 55.7 Å². The summed E-state index contributed by atoms with van der Waals surface area (Å²) in [6.07, 6.45) is -1.20. The maximum absolute atomic E-state index is 14.6. The Morgan fingerprint density at radius 1 is 0.604 bits per heavy atom. The lowest BCUT2D eigenvalue weighted by Crippen LogP contribution is -2.25. The molecule has 0 saturated heterocycles. The van der Waals surface area contributed by atoms with Gasteiger partial charge < -0.3 is 24.7 Å². The third-order valence-electron chi connectivity index (χ3n) is 6.72. The van der Waals surface area contributed by atoms with Gasteiger partial charge in [-0.05, 0) is 56.5 Å². The van der Waals surface area contributed by atoms with Crippen molar-refractivity contribution in [1.82, 2.24) is 0 Å². The Kier molecular flexibility index (Phi) is 17.7. The molecule has 284 valence electrons. The number of ether oxygens (including phenoxy) is 4. The predicted molar refractivity (Wildman–Crippen MR) is 189 cm³/mol. The summed E-state index contributed by atoms with van der Waals surface area (Å²) in [5.41, 5.74) is 5.07. The van der Waals surface area contributed by atoms with Crippen LogP contribution in [-0.2, 0) is 70.6 Å². The van der Waals surface area contributed by atoms with Crippen LogP contribution in [0.5, 0.6) is 0 Å². The quantitative estimate of drug-likeness (QED) is 0.0717. The SMILES string of the molecule is CC(C)(C)OC(=O)Cc1c(F)ccc(CC(=O)OCc2ccccc2)c1F.CCOC(C)=O.Nc1c(F)ccc(CC(=O)OCc2ccccc2)c1F. The molecule has 2 N–H and O–H groups in total. The second-order valence-electron chi connectivity index (χ2n) is 12.3. The van der Waals surface area contributed by atoms with Gasteiger partial charge in [-0.15, -0.1) is 0 Å². The smallest absolute Gasteiger partial charge is 0.310 e. The highest BCUT2D eigenvalue weighted by Crippen LogP contribution is 2.21. The van der Waals surface area contributed by atoms with Gasteiger partial charge in [-0.1, -0.05) is 72.8 Å². The molecule has 0 heterocycles. The van der Waals surface area contributed by atoms with E-state index in [2.05, 4.69) is 4.74 Å². The molecule has 0 aromatic heterocycles. The van der Waals surface area contributed by atoms with Crippen LogP contribution in [0.3, 0.4) is 0 Å². The lowest BCUT2D eigenvalue weighted by atomic mass is 10.0. The van der Waals surface area contributed by atoms with E-state index < -0.39 is 64.4 Å². The second-order valence-corrected chi connectivity index (χ2v) is 12.3. The number of nitrogens with two attached hydrogens (primary N) is 1. The van der Waals surface area contributed by atoms with Crippen molar-refractivity contribution in [3.8, 4) is 0 Å². The molecule has 0 aliphatic carbocycles. The Balaban J connectivity index is 0.000000328. The molecular weight excluding hydrogens is 698 g/mol. The first kappa shape index (κ1) is 43.4. The van der Waals surface area contributed by atoms with E-state index in [1.165, 1.54) is 19.1 Å². The molecule has 4 aromatic rings. The number of benzene rings is 4. The molecule has 0 bridgehead atoms. The molecule has 9 nitrogen and oxygen atoms in total. The molecule has 4 rings (SSSR count). The van der Waals surface area contributed by atoms with E-state index in [1.54, 1.807) is 39.8 Å². The van der Waals surface area contributed by atoms with E-state index in [1.807, 2.05) is 48.5 Å². The summed E-state index contributed by atoms with van der Waals surface area (Å²) < 4.78 is 74.8.